The summed E-state index contributed by atoms with van der Waals surface area (Å²) in [5.41, 5.74) is 38.6. The number of nitrogens with one attached hydrogen (secondary N) is 8. The molecule has 0 saturated carbocycles. The first-order valence-corrected chi connectivity index (χ1v) is 38.0. The van der Waals surface area contributed by atoms with Crippen molar-refractivity contribution in [2.45, 2.75) is 153 Å². The van der Waals surface area contributed by atoms with Crippen LogP contribution in [0, 0.1) is 23.7 Å². The third-order valence-electron chi connectivity index (χ3n) is 23.8. The van der Waals surface area contributed by atoms with E-state index in [-0.39, 0.29) is 49.8 Å². The molecule has 8 heterocycles. The smallest absolute Gasteiger partial charge is 0.233 e. The van der Waals surface area contributed by atoms with Crippen LogP contribution in [0.2, 0.25) is 0 Å². The van der Waals surface area contributed by atoms with Gasteiger partial charge in [-0.1, -0.05) is 76.2 Å². The molecule has 20 nitrogen and oxygen atoms in total. The maximum atomic E-state index is 11.6. The third-order valence-corrected chi connectivity index (χ3v) is 23.8. The topological polar surface area (TPSA) is 297 Å². The van der Waals surface area contributed by atoms with Crippen LogP contribution < -0.4 is 44.2 Å². The van der Waals surface area contributed by atoms with E-state index in [1.807, 2.05) is 0 Å². The van der Waals surface area contributed by atoms with Crippen molar-refractivity contribution in [3.63, 3.8) is 0 Å². The highest BCUT2D eigenvalue weighted by Crippen LogP contribution is 2.49. The standard InChI is InChI=1S/4C20H28N4O/c4*1-2-6-24-12-13(10-23-19(25)9-21)7-16-15-4-3-5-17-20(15)14(11-22-17)8-18(16)24/h4*3-5,11,13,16,18,22H,2,6-10,12,21H2,1H3,(H,23,25)/t4*13-,16+,18+/m0000/s1. The van der Waals surface area contributed by atoms with Crippen LogP contribution in [-0.4, -0.2) is 192 Å². The molecule has 20 heteroatoms. The molecule has 4 fully saturated rings. The third kappa shape index (κ3) is 14.9. The number of aromatic nitrogens is 4. The Bertz CT molecular complexity index is 3590. The first kappa shape index (κ1) is 71.0. The molecule has 0 unspecified atom stereocenters. The fourth-order valence-electron chi connectivity index (χ4n) is 19.7. The molecule has 0 radical (unpaired) electrons. The number of piperidine rings is 4. The molecule has 0 bridgehead atoms. The van der Waals surface area contributed by atoms with Crippen LogP contribution in [-0.2, 0) is 44.9 Å². The number of amides is 4. The summed E-state index contributed by atoms with van der Waals surface area (Å²) in [6.07, 6.45) is 22.5. The fraction of sp³-hybridized carbons (Fsp3) is 0.550. The van der Waals surface area contributed by atoms with Gasteiger partial charge in [0.05, 0.1) is 26.2 Å². The van der Waals surface area contributed by atoms with E-state index in [9.17, 15) is 19.2 Å². The number of H-pyrrole nitrogens is 4. The van der Waals surface area contributed by atoms with Crippen LogP contribution in [0.4, 0.5) is 0 Å². The summed E-state index contributed by atoms with van der Waals surface area (Å²) in [7, 11) is 0. The van der Waals surface area contributed by atoms with E-state index in [2.05, 4.69) is 186 Å². The van der Waals surface area contributed by atoms with Crippen molar-refractivity contribution in [3.8, 4) is 0 Å². The highest BCUT2D eigenvalue weighted by atomic mass is 16.2. The molecular formula is C80H112N16O4. The van der Waals surface area contributed by atoms with E-state index >= 15 is 0 Å². The predicted molar refractivity (Wildman–Crippen MR) is 402 cm³/mol. The number of hydrogen-bond acceptors (Lipinski definition) is 12. The number of carbonyl (C=O) groups is 4. The Labute approximate surface area is 590 Å². The van der Waals surface area contributed by atoms with Gasteiger partial charge in [0.2, 0.25) is 23.6 Å². The molecular weight excluding hydrogens is 1250 g/mol. The molecule has 4 aliphatic carbocycles. The lowest BCUT2D eigenvalue weighted by Gasteiger charge is -2.47. The summed E-state index contributed by atoms with van der Waals surface area (Å²) < 4.78 is 0. The molecule has 8 aromatic rings. The number of nitrogens with zero attached hydrogens (tertiary/aromatic N) is 4. The van der Waals surface area contributed by atoms with Gasteiger partial charge in [-0.2, -0.15) is 0 Å². The van der Waals surface area contributed by atoms with E-state index in [0.717, 1.165) is 156 Å². The van der Waals surface area contributed by atoms with Crippen LogP contribution in [0.15, 0.2) is 97.6 Å². The molecule has 8 aliphatic rings. The summed E-state index contributed by atoms with van der Waals surface area (Å²) in [5.74, 6) is 3.92. The maximum Gasteiger partial charge on any atom is 0.233 e. The average Bonchev–Trinajstić information content (AvgIpc) is 1.49. The normalized spacial score (nSPS) is 25.8. The Morgan fingerprint density at radius 3 is 0.780 bits per heavy atom. The van der Waals surface area contributed by atoms with Crippen molar-refractivity contribution in [2.75, 3.05) is 105 Å². The van der Waals surface area contributed by atoms with E-state index < -0.39 is 0 Å². The fourth-order valence-corrected chi connectivity index (χ4v) is 19.7. The van der Waals surface area contributed by atoms with Gasteiger partial charge in [0, 0.05) is 169 Å². The number of nitrogens with two attached hydrogens (primary N) is 4. The van der Waals surface area contributed by atoms with Gasteiger partial charge < -0.3 is 64.1 Å². The Morgan fingerprint density at radius 1 is 0.360 bits per heavy atom. The summed E-state index contributed by atoms with van der Waals surface area (Å²) >= 11 is 0. The van der Waals surface area contributed by atoms with Crippen molar-refractivity contribution in [1.82, 2.24) is 60.8 Å². The number of rotatable bonds is 20. The molecule has 4 amide bonds. The van der Waals surface area contributed by atoms with Crippen molar-refractivity contribution >= 4 is 67.2 Å². The highest BCUT2D eigenvalue weighted by molar-refractivity contribution is 5.91. The molecule has 100 heavy (non-hydrogen) atoms. The van der Waals surface area contributed by atoms with E-state index in [1.165, 1.54) is 88.1 Å². The van der Waals surface area contributed by atoms with Crippen LogP contribution in [0.1, 0.15) is 147 Å². The van der Waals surface area contributed by atoms with Crippen LogP contribution in [0.25, 0.3) is 43.6 Å². The lowest BCUT2D eigenvalue weighted by molar-refractivity contribution is -0.120. The van der Waals surface area contributed by atoms with Gasteiger partial charge in [-0.05, 0) is 196 Å². The van der Waals surface area contributed by atoms with Crippen molar-refractivity contribution in [2.24, 2.45) is 46.6 Å². The van der Waals surface area contributed by atoms with Crippen LogP contribution in [0.5, 0.6) is 0 Å². The van der Waals surface area contributed by atoms with E-state index in [4.69, 9.17) is 22.9 Å². The zero-order valence-electron chi connectivity index (χ0n) is 59.7. The lowest BCUT2D eigenvalue weighted by atomic mass is 9.72. The summed E-state index contributed by atoms with van der Waals surface area (Å²) in [6, 6.07) is 28.9. The second-order valence-corrected chi connectivity index (χ2v) is 30.3. The molecule has 4 aromatic heterocycles. The van der Waals surface area contributed by atoms with Gasteiger partial charge in [0.1, 0.15) is 0 Å². The van der Waals surface area contributed by atoms with Crippen molar-refractivity contribution in [1.29, 1.82) is 0 Å². The first-order chi connectivity index (χ1) is 48.8. The SMILES string of the molecule is CCCN1C[C@H](CNC(=O)CN)C[C@@H]2c3cccc4[nH]cc(c34)C[C@H]21.CCCN1C[C@H](CNC(=O)CN)C[C@@H]2c3cccc4[nH]cc(c34)C[C@H]21.CCCN1C[C@H](CNC(=O)CN)C[C@@H]2c3cccc4[nH]cc(c34)C[C@H]21.CCCN1C[C@H](CNC(=O)CN)C[C@@H]2c3cccc4[nH]cc(c34)C[C@H]21. The van der Waals surface area contributed by atoms with Crippen molar-refractivity contribution < 1.29 is 19.2 Å². The number of fused-ring (bicyclic) bond motifs is 8. The number of carbonyl (C=O) groups excluding carboxylic acids is 4. The first-order valence-electron chi connectivity index (χ1n) is 38.0. The quantitative estimate of drug-likeness (QED) is 0.0346. The number of likely N-dealkylation sites (tertiary alicyclic amines) is 4. The summed E-state index contributed by atoms with van der Waals surface area (Å²) in [6.45, 7) is 21.0. The molecule has 536 valence electrons. The second kappa shape index (κ2) is 32.3. The number of aromatic amines is 4. The molecule has 0 spiro atoms. The molecule has 16 rings (SSSR count). The van der Waals surface area contributed by atoms with Gasteiger partial charge in [-0.15, -0.1) is 0 Å². The minimum absolute atomic E-state index is 0.0529. The van der Waals surface area contributed by atoms with Gasteiger partial charge in [0.15, 0.2) is 0 Å². The summed E-state index contributed by atoms with van der Waals surface area (Å²) in [5, 5.41) is 17.8. The van der Waals surface area contributed by atoms with Crippen molar-refractivity contribution in [3.05, 3.63) is 142 Å². The Balaban J connectivity index is 0.000000119. The highest BCUT2D eigenvalue weighted by Gasteiger charge is 2.45. The average molecular weight is 1360 g/mol. The van der Waals surface area contributed by atoms with Gasteiger partial charge in [-0.3, -0.25) is 38.8 Å². The second-order valence-electron chi connectivity index (χ2n) is 30.3. The maximum absolute atomic E-state index is 11.6. The van der Waals surface area contributed by atoms with Crippen LogP contribution >= 0.6 is 0 Å². The zero-order valence-corrected chi connectivity index (χ0v) is 59.7. The molecule has 4 saturated heterocycles. The number of benzene rings is 4. The van der Waals surface area contributed by atoms with Gasteiger partial charge >= 0.3 is 0 Å². The van der Waals surface area contributed by atoms with Gasteiger partial charge in [0.25, 0.3) is 0 Å². The monoisotopic (exact) mass is 1360 g/mol. The predicted octanol–water partition coefficient (Wildman–Crippen LogP) is 7.93. The largest absolute Gasteiger partial charge is 0.361 e. The van der Waals surface area contributed by atoms with E-state index in [0.29, 0.717) is 71.5 Å². The minimum atomic E-state index is -0.0529. The van der Waals surface area contributed by atoms with E-state index in [1.54, 1.807) is 0 Å². The molecule has 16 N–H and O–H groups in total. The number of hydrogen-bond donors (Lipinski definition) is 12. The minimum Gasteiger partial charge on any atom is -0.361 e. The summed E-state index contributed by atoms with van der Waals surface area (Å²) in [4.78, 5) is 70.7. The molecule has 4 aromatic carbocycles. The molecule has 12 atom stereocenters. The van der Waals surface area contributed by atoms with Gasteiger partial charge in [-0.25, -0.2) is 0 Å². The lowest BCUT2D eigenvalue weighted by Crippen LogP contribution is -2.52. The Morgan fingerprint density at radius 2 is 0.580 bits per heavy atom. The zero-order chi connectivity index (χ0) is 69.6. The van der Waals surface area contributed by atoms with Crippen LogP contribution in [0.3, 0.4) is 0 Å². The Hall–Kier alpha value is -7.40. The molecule has 4 aliphatic heterocycles. The Kier molecular flexibility index (Phi) is 22.9.